The second-order valence-corrected chi connectivity index (χ2v) is 13.2. The van der Waals surface area contributed by atoms with Crippen LogP contribution in [-0.2, 0) is 22.4 Å². The molecule has 0 unspecified atom stereocenters. The zero-order valence-corrected chi connectivity index (χ0v) is 29.2. The van der Waals surface area contributed by atoms with E-state index in [0.29, 0.717) is 49.1 Å². The molecular formula is C40H37BrClN3O4. The number of nitrogens with zero attached hydrogens (tertiary/aromatic N) is 1. The number of rotatable bonds is 14. The van der Waals surface area contributed by atoms with Gasteiger partial charge in [0.2, 0.25) is 5.90 Å². The Kier molecular flexibility index (Phi) is 11.4. The Morgan fingerprint density at radius 3 is 2.29 bits per heavy atom. The Balaban J connectivity index is 1.34. The Hall–Kier alpha value is -4.47. The van der Waals surface area contributed by atoms with Crippen LogP contribution in [0.4, 0.5) is 0 Å². The van der Waals surface area contributed by atoms with Gasteiger partial charge in [0.05, 0.1) is 6.61 Å². The second-order valence-electron chi connectivity index (χ2n) is 11.8. The van der Waals surface area contributed by atoms with Crippen LogP contribution in [0.1, 0.15) is 34.8 Å². The van der Waals surface area contributed by atoms with Crippen LogP contribution in [0.2, 0.25) is 5.02 Å². The van der Waals surface area contributed by atoms with Crippen LogP contribution in [-0.4, -0.2) is 42.2 Å². The van der Waals surface area contributed by atoms with Gasteiger partial charge in [-0.3, -0.25) is 10.2 Å². The van der Waals surface area contributed by atoms with E-state index in [-0.39, 0.29) is 12.5 Å². The minimum atomic E-state index is -1.35. The van der Waals surface area contributed by atoms with Gasteiger partial charge in [-0.25, -0.2) is 10.4 Å². The largest absolute Gasteiger partial charge is 0.494 e. The summed E-state index contributed by atoms with van der Waals surface area (Å²) in [7, 11) is 0. The molecule has 1 heterocycles. The van der Waals surface area contributed by atoms with Gasteiger partial charge in [0.15, 0.2) is 11.6 Å². The predicted octanol–water partition coefficient (Wildman–Crippen LogP) is 7.89. The summed E-state index contributed by atoms with van der Waals surface area (Å²) in [5, 5.41) is 9.78. The van der Waals surface area contributed by atoms with E-state index in [1.165, 1.54) is 0 Å². The number of carbonyl (C=O) groups excluding carboxylic acids is 1. The third-order valence-electron chi connectivity index (χ3n) is 8.37. The molecule has 0 aromatic heterocycles. The fraction of sp³-hybridized carbons (Fsp3) is 0.200. The number of aliphatic imine (C=N–C) groups is 1. The van der Waals surface area contributed by atoms with Crippen LogP contribution in [0.25, 0.3) is 11.1 Å². The first-order valence-electron chi connectivity index (χ1n) is 16.2. The van der Waals surface area contributed by atoms with E-state index in [9.17, 15) is 4.79 Å². The van der Waals surface area contributed by atoms with Crippen molar-refractivity contribution in [1.29, 1.82) is 0 Å². The molecule has 5 aromatic rings. The number of hydrogen-bond acceptors (Lipinski definition) is 6. The van der Waals surface area contributed by atoms with Gasteiger partial charge in [0.1, 0.15) is 5.75 Å². The number of amides is 1. The zero-order chi connectivity index (χ0) is 34.1. The number of aliphatic hydroxyl groups excluding tert-OH is 1. The lowest BCUT2D eigenvalue weighted by molar-refractivity contribution is -0.130. The average molecular weight is 739 g/mol. The molecule has 0 saturated carbocycles. The number of ether oxygens (including phenoxy) is 2. The van der Waals surface area contributed by atoms with Gasteiger partial charge in [-0.2, -0.15) is 0 Å². The zero-order valence-electron chi connectivity index (χ0n) is 26.8. The summed E-state index contributed by atoms with van der Waals surface area (Å²) in [5.41, 5.74) is 10.5. The molecule has 0 bridgehead atoms. The SMILES string of the molecule is O=C(NNCCc1cccc(Cl)c1)[C@@]1(Cc2ccc(Br)cc2)N=C(c2ccc(OCCCO)cc2)O[C@H]1c1ccc(-c2ccccc2)cc1. The van der Waals surface area contributed by atoms with E-state index in [1.807, 2.05) is 103 Å². The van der Waals surface area contributed by atoms with Gasteiger partial charge in [0, 0.05) is 41.1 Å². The van der Waals surface area contributed by atoms with Crippen LogP contribution in [0.5, 0.6) is 5.75 Å². The fourth-order valence-corrected chi connectivity index (χ4v) is 6.30. The van der Waals surface area contributed by atoms with Gasteiger partial charge in [-0.1, -0.05) is 106 Å². The van der Waals surface area contributed by atoms with Crippen molar-refractivity contribution in [3.8, 4) is 16.9 Å². The summed E-state index contributed by atoms with van der Waals surface area (Å²) in [4.78, 5) is 19.7. The number of aliphatic hydroxyl groups is 1. The summed E-state index contributed by atoms with van der Waals surface area (Å²) >= 11 is 9.72. The number of carbonyl (C=O) groups is 1. The van der Waals surface area contributed by atoms with Gasteiger partial charge < -0.3 is 14.6 Å². The molecule has 49 heavy (non-hydrogen) atoms. The molecule has 0 fully saturated rings. The number of benzene rings is 5. The van der Waals surface area contributed by atoms with E-state index in [1.54, 1.807) is 0 Å². The van der Waals surface area contributed by atoms with Crippen molar-refractivity contribution >= 4 is 39.3 Å². The standard InChI is InChI=1S/C40H37BrClN3O4/c41-34-18-10-29(11-19-34)27-40(39(47)45-43-23-22-28-6-4-9-35(42)26-28)37(32-14-12-31(13-15-32)30-7-2-1-3-8-30)49-38(44-40)33-16-20-36(21-17-33)48-25-5-24-46/h1-4,6-21,26,37,43,46H,5,22-25,27H2,(H,45,47)/t37-,40-/m0/s1. The number of hydrazine groups is 1. The highest BCUT2D eigenvalue weighted by atomic mass is 79.9. The van der Waals surface area contributed by atoms with Gasteiger partial charge in [0.25, 0.3) is 5.91 Å². The van der Waals surface area contributed by atoms with Crippen molar-refractivity contribution in [3.63, 3.8) is 0 Å². The summed E-state index contributed by atoms with van der Waals surface area (Å²) in [6, 6.07) is 41.3. The molecule has 3 N–H and O–H groups in total. The van der Waals surface area contributed by atoms with E-state index in [0.717, 1.165) is 37.9 Å². The highest BCUT2D eigenvalue weighted by Gasteiger charge is 2.53. The lowest BCUT2D eigenvalue weighted by Gasteiger charge is -2.31. The fourth-order valence-electron chi connectivity index (χ4n) is 5.83. The Morgan fingerprint density at radius 1 is 0.857 bits per heavy atom. The maximum absolute atomic E-state index is 14.5. The predicted molar refractivity (Wildman–Crippen MR) is 198 cm³/mol. The summed E-state index contributed by atoms with van der Waals surface area (Å²) < 4.78 is 13.4. The quantitative estimate of drug-likeness (QED) is 0.0797. The van der Waals surface area contributed by atoms with E-state index in [2.05, 4.69) is 51.0 Å². The molecule has 0 aliphatic carbocycles. The third-order valence-corrected chi connectivity index (χ3v) is 9.13. The molecular weight excluding hydrogens is 702 g/mol. The van der Waals surface area contributed by atoms with Crippen molar-refractivity contribution < 1.29 is 19.4 Å². The van der Waals surface area contributed by atoms with Crippen molar-refractivity contribution in [2.24, 2.45) is 4.99 Å². The molecule has 0 radical (unpaired) electrons. The molecule has 5 aromatic carbocycles. The maximum atomic E-state index is 14.5. The van der Waals surface area contributed by atoms with Crippen molar-refractivity contribution in [2.75, 3.05) is 19.8 Å². The van der Waals surface area contributed by atoms with Crippen molar-refractivity contribution in [3.05, 3.63) is 159 Å². The summed E-state index contributed by atoms with van der Waals surface area (Å²) in [6.45, 7) is 0.968. The molecule has 0 saturated heterocycles. The van der Waals surface area contributed by atoms with Crippen LogP contribution >= 0.6 is 27.5 Å². The first-order valence-corrected chi connectivity index (χ1v) is 17.4. The Morgan fingerprint density at radius 2 is 1.57 bits per heavy atom. The van der Waals surface area contributed by atoms with Crippen molar-refractivity contribution in [1.82, 2.24) is 10.9 Å². The highest BCUT2D eigenvalue weighted by molar-refractivity contribution is 9.10. The van der Waals surface area contributed by atoms with Gasteiger partial charge in [-0.15, -0.1) is 0 Å². The molecule has 6 rings (SSSR count). The normalized spacial score (nSPS) is 16.9. The average Bonchev–Trinajstić information content (AvgIpc) is 3.52. The topological polar surface area (TPSA) is 92.2 Å². The third kappa shape index (κ3) is 8.58. The number of hydrogen-bond donors (Lipinski definition) is 3. The van der Waals surface area contributed by atoms with E-state index >= 15 is 0 Å². The minimum Gasteiger partial charge on any atom is -0.494 e. The first-order chi connectivity index (χ1) is 23.9. The summed E-state index contributed by atoms with van der Waals surface area (Å²) in [5.74, 6) is 0.731. The second kappa shape index (κ2) is 16.3. The minimum absolute atomic E-state index is 0.0639. The molecule has 1 aliphatic heterocycles. The smallest absolute Gasteiger partial charge is 0.266 e. The lowest BCUT2D eigenvalue weighted by Crippen LogP contribution is -2.54. The number of nitrogens with one attached hydrogen (secondary N) is 2. The van der Waals surface area contributed by atoms with Gasteiger partial charge in [-0.05, 0) is 82.8 Å². The molecule has 250 valence electrons. The van der Waals surface area contributed by atoms with E-state index in [4.69, 9.17) is 31.2 Å². The molecule has 2 atom stereocenters. The molecule has 9 heteroatoms. The number of halogens is 2. The first kappa shape index (κ1) is 34.4. The highest BCUT2D eigenvalue weighted by Crippen LogP contribution is 2.43. The monoisotopic (exact) mass is 737 g/mol. The lowest BCUT2D eigenvalue weighted by atomic mass is 9.82. The Bertz CT molecular complexity index is 1870. The van der Waals surface area contributed by atoms with Crippen molar-refractivity contribution in [2.45, 2.75) is 30.9 Å². The molecule has 7 nitrogen and oxygen atoms in total. The summed E-state index contributed by atoms with van der Waals surface area (Å²) in [6.07, 6.45) is 0.774. The van der Waals surface area contributed by atoms with Crippen LogP contribution < -0.4 is 15.6 Å². The van der Waals surface area contributed by atoms with Crippen LogP contribution in [0.15, 0.2) is 137 Å². The molecule has 1 aliphatic rings. The van der Waals surface area contributed by atoms with Crippen LogP contribution in [0, 0.1) is 0 Å². The Labute approximate surface area is 300 Å². The van der Waals surface area contributed by atoms with Gasteiger partial charge >= 0.3 is 0 Å². The van der Waals surface area contributed by atoms with Crippen LogP contribution in [0.3, 0.4) is 0 Å². The maximum Gasteiger partial charge on any atom is 0.266 e. The molecule has 1 amide bonds. The molecule has 0 spiro atoms. The van der Waals surface area contributed by atoms with E-state index < -0.39 is 11.6 Å².